The molecule has 0 saturated carbocycles. The molecule has 3 saturated heterocycles. The third-order valence-electron chi connectivity index (χ3n) is 8.46. The molecule has 3 rings (SSSR count). The zero-order valence-electron chi connectivity index (χ0n) is 30.0. The van der Waals surface area contributed by atoms with Crippen molar-refractivity contribution in [1.82, 2.24) is 31.5 Å². The molecule has 0 radical (unpaired) electrons. The van der Waals surface area contributed by atoms with Gasteiger partial charge in [-0.2, -0.15) is 4.31 Å². The molecule has 3 fully saturated rings. The van der Waals surface area contributed by atoms with Crippen molar-refractivity contribution in [2.45, 2.75) is 88.5 Å². The van der Waals surface area contributed by atoms with Crippen LogP contribution in [0.5, 0.6) is 0 Å². The Balaban J connectivity index is 1.46. The van der Waals surface area contributed by atoms with Crippen molar-refractivity contribution in [3.63, 3.8) is 0 Å². The number of amides is 2. The van der Waals surface area contributed by atoms with Crippen LogP contribution in [0.2, 0.25) is 0 Å². The molecular weight excluding hydrogens is 823 g/mol. The topological polar surface area (TPSA) is 380 Å². The standard InChI is InChI=1S/C26H52N7O18P3S/c1-26(2,21(38)24(39)29-7-6-16(35)28-8-10-55-17(36)5-3-4-9-34)12-48-54(45,46)51-53(43,44)47-11-15-20(50-52(40,41)42)19(37)25(49-15)33-14-32-18-22(27)30-13-31-23(18)33/h15,18-23,25,30-32,34,37-38H,3-14,27H2,1-2H3,(H,28,35)(H,29,39)(H,43,44)(H,45,46)(H2,40,41,42)/t15-,18?,19?,20?,21?,22?,23?,25-/m0/s1. The van der Waals surface area contributed by atoms with Crippen LogP contribution in [0.3, 0.4) is 0 Å². The predicted octanol–water partition coefficient (Wildman–Crippen LogP) is -3.77. The lowest BCUT2D eigenvalue weighted by Gasteiger charge is -2.38. The number of phosphoric ester groups is 3. The number of fused-ring (bicyclic) bond motifs is 1. The number of unbranched alkanes of at least 4 members (excludes halogenated alkanes) is 1. The van der Waals surface area contributed by atoms with E-state index in [4.69, 9.17) is 29.1 Å². The van der Waals surface area contributed by atoms with Crippen LogP contribution in [0.1, 0.15) is 39.5 Å². The van der Waals surface area contributed by atoms with E-state index in [1.165, 1.54) is 13.8 Å². The van der Waals surface area contributed by atoms with Crippen LogP contribution in [-0.4, -0.2) is 158 Å². The highest BCUT2D eigenvalue weighted by atomic mass is 32.2. The third kappa shape index (κ3) is 15.6. The average Bonchev–Trinajstić information content (AvgIpc) is 3.64. The Morgan fingerprint density at radius 3 is 2.38 bits per heavy atom. The summed E-state index contributed by atoms with van der Waals surface area (Å²) in [4.78, 5) is 77.1. The monoisotopic (exact) mass is 875 g/mol. The number of nitrogens with two attached hydrogens (primary N) is 1. The zero-order valence-corrected chi connectivity index (χ0v) is 33.5. The number of carbonyl (C=O) groups excluding carboxylic acids is 3. The van der Waals surface area contributed by atoms with Crippen molar-refractivity contribution >= 4 is 52.2 Å². The number of phosphoric acid groups is 3. The van der Waals surface area contributed by atoms with Crippen molar-refractivity contribution in [2.75, 3.05) is 52.0 Å². The summed E-state index contributed by atoms with van der Waals surface area (Å²) in [6, 6.07) is -0.376. The number of nitrogens with one attached hydrogen (secondary N) is 5. The maximum atomic E-state index is 12.7. The van der Waals surface area contributed by atoms with Gasteiger partial charge < -0.3 is 56.0 Å². The predicted molar refractivity (Wildman–Crippen MR) is 190 cm³/mol. The summed E-state index contributed by atoms with van der Waals surface area (Å²) in [7, 11) is -16.3. The quantitative estimate of drug-likeness (QED) is 0.0346. The molecule has 29 heteroatoms. The van der Waals surface area contributed by atoms with E-state index in [1.54, 1.807) is 4.90 Å². The van der Waals surface area contributed by atoms with Gasteiger partial charge in [0.1, 0.15) is 30.6 Å². The highest BCUT2D eigenvalue weighted by molar-refractivity contribution is 8.13. The molecule has 55 heavy (non-hydrogen) atoms. The van der Waals surface area contributed by atoms with Gasteiger partial charge in [-0.3, -0.25) is 43.9 Å². The number of hydrogen-bond acceptors (Lipinski definition) is 20. The van der Waals surface area contributed by atoms with E-state index in [9.17, 15) is 57.9 Å². The van der Waals surface area contributed by atoms with Crippen LogP contribution < -0.4 is 32.3 Å². The summed E-state index contributed by atoms with van der Waals surface area (Å²) in [5, 5.41) is 44.3. The van der Waals surface area contributed by atoms with Crippen LogP contribution in [0.15, 0.2) is 0 Å². The van der Waals surface area contributed by atoms with Crippen molar-refractivity contribution < 1.29 is 85.6 Å². The number of rotatable bonds is 23. The number of aliphatic hydroxyl groups excluding tert-OH is 3. The van der Waals surface area contributed by atoms with Gasteiger partial charge in [0, 0.05) is 50.4 Å². The molecule has 3 aliphatic rings. The van der Waals surface area contributed by atoms with Gasteiger partial charge in [-0.1, -0.05) is 25.6 Å². The highest BCUT2D eigenvalue weighted by Crippen LogP contribution is 2.61. The number of carbonyl (C=O) groups is 3. The van der Waals surface area contributed by atoms with E-state index >= 15 is 0 Å². The molecule has 0 aromatic heterocycles. The van der Waals surface area contributed by atoms with Crippen molar-refractivity contribution in [2.24, 2.45) is 11.1 Å². The summed E-state index contributed by atoms with van der Waals surface area (Å²) in [6.45, 7) is 0.941. The third-order valence-corrected chi connectivity index (χ3v) is 12.5. The maximum absolute atomic E-state index is 12.7. The van der Waals surface area contributed by atoms with Gasteiger partial charge in [0.2, 0.25) is 11.8 Å². The van der Waals surface area contributed by atoms with Crippen LogP contribution >= 0.6 is 35.2 Å². The lowest BCUT2D eigenvalue weighted by atomic mass is 9.87. The fourth-order valence-electron chi connectivity index (χ4n) is 5.59. The molecule has 3 heterocycles. The number of thioether (sulfide) groups is 1. The molecule has 0 spiro atoms. The normalized spacial score (nSPS) is 28.9. The summed E-state index contributed by atoms with van der Waals surface area (Å²) >= 11 is 1.04. The highest BCUT2D eigenvalue weighted by Gasteiger charge is 2.54. The zero-order chi connectivity index (χ0) is 41.2. The molecule has 0 aromatic carbocycles. The Morgan fingerprint density at radius 2 is 1.71 bits per heavy atom. The summed E-state index contributed by atoms with van der Waals surface area (Å²) < 4.78 is 61.3. The van der Waals surface area contributed by atoms with Crippen LogP contribution in [0, 0.1) is 5.41 Å². The molecule has 25 nitrogen and oxygen atoms in total. The van der Waals surface area contributed by atoms with E-state index in [1.807, 2.05) is 0 Å². The van der Waals surface area contributed by atoms with Gasteiger partial charge in [0.05, 0.1) is 38.3 Å². The minimum atomic E-state index is -5.53. The Kier molecular flexibility index (Phi) is 18.7. The number of hydrogen-bond donors (Lipinski definition) is 13. The Hall–Kier alpha value is -1.03. The van der Waals surface area contributed by atoms with Crippen LogP contribution in [0.4, 0.5) is 0 Å². The van der Waals surface area contributed by atoms with Gasteiger partial charge in [-0.05, 0) is 12.8 Å². The van der Waals surface area contributed by atoms with Gasteiger partial charge in [0.15, 0.2) is 5.12 Å². The molecule has 0 aromatic rings. The summed E-state index contributed by atoms with van der Waals surface area (Å²) in [5.74, 6) is -1.09. The number of nitrogens with zero attached hydrogens (tertiary/aromatic N) is 1. The summed E-state index contributed by atoms with van der Waals surface area (Å²) in [6.07, 6.45) is -8.18. The maximum Gasteiger partial charge on any atom is 0.481 e. The van der Waals surface area contributed by atoms with E-state index < -0.39 is 96.9 Å². The smallest absolute Gasteiger partial charge is 0.396 e. The number of aliphatic hydroxyl groups is 3. The van der Waals surface area contributed by atoms with Gasteiger partial charge >= 0.3 is 23.5 Å². The van der Waals surface area contributed by atoms with Gasteiger partial charge in [-0.25, -0.2) is 18.6 Å². The molecule has 10 atom stereocenters. The van der Waals surface area contributed by atoms with Crippen molar-refractivity contribution in [3.05, 3.63) is 0 Å². The molecule has 0 aliphatic carbocycles. The van der Waals surface area contributed by atoms with Gasteiger partial charge in [0.25, 0.3) is 0 Å². The minimum Gasteiger partial charge on any atom is -0.396 e. The first-order chi connectivity index (χ1) is 25.6. The molecule has 320 valence electrons. The molecule has 14 N–H and O–H groups in total. The largest absolute Gasteiger partial charge is 0.481 e. The Bertz CT molecular complexity index is 1450. The fraction of sp³-hybridized carbons (Fsp3) is 0.885. The fourth-order valence-corrected chi connectivity index (χ4v) is 9.14. The lowest BCUT2D eigenvalue weighted by molar-refractivity contribution is -0.137. The van der Waals surface area contributed by atoms with Crippen molar-refractivity contribution in [3.8, 4) is 0 Å². The van der Waals surface area contributed by atoms with Gasteiger partial charge in [-0.15, -0.1) is 0 Å². The minimum absolute atomic E-state index is 0.00389. The Labute approximate surface area is 320 Å². The average molecular weight is 876 g/mol. The molecule has 8 unspecified atom stereocenters. The van der Waals surface area contributed by atoms with Crippen LogP contribution in [0.25, 0.3) is 0 Å². The molecule has 2 amide bonds. The SMILES string of the molecule is CC(C)(COP(=O)(O)OP(=O)(O)OC[C@@H]1O[C@H](N2CNC3C(N)NCNC32)C(O)C1OP(=O)(O)O)C(O)C(=O)NCCC(=O)NCCSC(=O)CCCCO. The second kappa shape index (κ2) is 21.3. The molecular formula is C26H52N7O18P3S. The van der Waals surface area contributed by atoms with E-state index in [0.29, 0.717) is 25.0 Å². The van der Waals surface area contributed by atoms with E-state index in [0.717, 1.165) is 11.8 Å². The first-order valence-electron chi connectivity index (χ1n) is 17.0. The van der Waals surface area contributed by atoms with Crippen molar-refractivity contribution in [1.29, 1.82) is 0 Å². The summed E-state index contributed by atoms with van der Waals surface area (Å²) in [5.41, 5.74) is 4.45. The first kappa shape index (κ1) is 48.3. The molecule has 0 bridgehead atoms. The Morgan fingerprint density at radius 1 is 1.02 bits per heavy atom. The molecule has 3 aliphatic heterocycles. The lowest BCUT2D eigenvalue weighted by Crippen LogP contribution is -2.68. The van der Waals surface area contributed by atoms with Crippen LogP contribution in [-0.2, 0) is 50.7 Å². The van der Waals surface area contributed by atoms with E-state index in [2.05, 4.69) is 30.9 Å². The number of ether oxygens (including phenoxy) is 1. The first-order valence-corrected chi connectivity index (χ1v) is 22.5. The second-order valence-electron chi connectivity index (χ2n) is 13.3. The van der Waals surface area contributed by atoms with E-state index in [-0.39, 0.29) is 50.6 Å². The second-order valence-corrected chi connectivity index (χ2v) is 18.7.